The zero-order chi connectivity index (χ0) is 12.3. The molecule has 0 atom stereocenters. The highest BCUT2D eigenvalue weighted by molar-refractivity contribution is 7.09. The molecule has 0 amide bonds. The maximum absolute atomic E-state index is 11.4. The monoisotopic (exact) mass is 255 g/mol. The summed E-state index contributed by atoms with van der Waals surface area (Å²) in [5, 5.41) is 0.822. The van der Waals surface area contributed by atoms with Crippen LogP contribution in [0.1, 0.15) is 38.4 Å². The van der Waals surface area contributed by atoms with Gasteiger partial charge in [0.15, 0.2) is 0 Å². The lowest BCUT2D eigenvalue weighted by atomic mass is 10.4. The van der Waals surface area contributed by atoms with Crippen molar-refractivity contribution in [2.24, 2.45) is 0 Å². The van der Waals surface area contributed by atoms with E-state index in [1.54, 1.807) is 0 Å². The second-order valence-electron chi connectivity index (χ2n) is 4.03. The third kappa shape index (κ3) is 3.15. The van der Waals surface area contributed by atoms with Crippen molar-refractivity contribution in [1.29, 1.82) is 0 Å². The van der Waals surface area contributed by atoms with Gasteiger partial charge in [0.25, 0.3) is 0 Å². The molecule has 1 aromatic rings. The maximum Gasteiger partial charge on any atom is 0.325 e. The standard InChI is InChI=1S/C11H17N3O2S/c1-3-14(7-9(15)16-4-2)11-12-10(13-17-11)8-5-6-8/h8H,3-7H2,1-2H3. The van der Waals surface area contributed by atoms with Crippen LogP contribution in [-0.2, 0) is 9.53 Å². The Balaban J connectivity index is 1.98. The Kier molecular flexibility index (Phi) is 3.93. The van der Waals surface area contributed by atoms with E-state index < -0.39 is 0 Å². The SMILES string of the molecule is CCOC(=O)CN(CC)c1nc(C2CC2)ns1. The minimum Gasteiger partial charge on any atom is -0.465 e. The number of carbonyl (C=O) groups is 1. The Bertz CT molecular complexity index is 390. The molecule has 0 spiro atoms. The molecule has 0 bridgehead atoms. The van der Waals surface area contributed by atoms with Gasteiger partial charge in [-0.2, -0.15) is 4.37 Å². The number of anilines is 1. The van der Waals surface area contributed by atoms with E-state index in [4.69, 9.17) is 4.74 Å². The normalized spacial score (nSPS) is 14.7. The number of likely N-dealkylation sites (N-methyl/N-ethyl adjacent to an activating group) is 1. The molecule has 0 aromatic carbocycles. The van der Waals surface area contributed by atoms with Crippen LogP contribution in [-0.4, -0.2) is 35.0 Å². The summed E-state index contributed by atoms with van der Waals surface area (Å²) in [7, 11) is 0. The molecular formula is C11H17N3O2S. The number of nitrogens with zero attached hydrogens (tertiary/aromatic N) is 3. The fraction of sp³-hybridized carbons (Fsp3) is 0.727. The summed E-state index contributed by atoms with van der Waals surface area (Å²) in [4.78, 5) is 17.8. The summed E-state index contributed by atoms with van der Waals surface area (Å²) in [6.45, 7) is 5.21. The van der Waals surface area contributed by atoms with E-state index in [1.807, 2.05) is 18.7 Å². The van der Waals surface area contributed by atoms with Crippen molar-refractivity contribution >= 4 is 22.6 Å². The fourth-order valence-corrected chi connectivity index (χ4v) is 2.35. The smallest absolute Gasteiger partial charge is 0.325 e. The van der Waals surface area contributed by atoms with Gasteiger partial charge in [-0.25, -0.2) is 4.98 Å². The van der Waals surface area contributed by atoms with Crippen molar-refractivity contribution in [3.8, 4) is 0 Å². The molecule has 1 fully saturated rings. The Morgan fingerprint density at radius 2 is 2.29 bits per heavy atom. The molecule has 1 aliphatic rings. The van der Waals surface area contributed by atoms with Crippen LogP contribution in [0.5, 0.6) is 0 Å². The van der Waals surface area contributed by atoms with Gasteiger partial charge in [0.1, 0.15) is 12.4 Å². The van der Waals surface area contributed by atoms with Crippen LogP contribution < -0.4 is 4.90 Å². The second kappa shape index (κ2) is 5.44. The maximum atomic E-state index is 11.4. The number of ether oxygens (including phenoxy) is 1. The Morgan fingerprint density at radius 1 is 1.53 bits per heavy atom. The van der Waals surface area contributed by atoms with E-state index in [2.05, 4.69) is 9.36 Å². The van der Waals surface area contributed by atoms with Crippen molar-refractivity contribution in [3.05, 3.63) is 5.82 Å². The molecule has 17 heavy (non-hydrogen) atoms. The van der Waals surface area contributed by atoms with Crippen molar-refractivity contribution in [2.75, 3.05) is 24.6 Å². The molecule has 1 saturated carbocycles. The van der Waals surface area contributed by atoms with Gasteiger partial charge in [0.05, 0.1) is 6.61 Å². The quantitative estimate of drug-likeness (QED) is 0.726. The van der Waals surface area contributed by atoms with Crippen LogP contribution in [0.2, 0.25) is 0 Å². The summed E-state index contributed by atoms with van der Waals surface area (Å²) >= 11 is 1.37. The van der Waals surface area contributed by atoms with E-state index in [1.165, 1.54) is 24.4 Å². The van der Waals surface area contributed by atoms with Gasteiger partial charge >= 0.3 is 5.97 Å². The van der Waals surface area contributed by atoms with Crippen molar-refractivity contribution in [1.82, 2.24) is 9.36 Å². The van der Waals surface area contributed by atoms with Crippen LogP contribution in [0.15, 0.2) is 0 Å². The van der Waals surface area contributed by atoms with Crippen molar-refractivity contribution in [3.63, 3.8) is 0 Å². The molecule has 0 unspecified atom stereocenters. The van der Waals surface area contributed by atoms with Crippen molar-refractivity contribution < 1.29 is 9.53 Å². The highest BCUT2D eigenvalue weighted by Gasteiger charge is 2.28. The van der Waals surface area contributed by atoms with E-state index >= 15 is 0 Å². The lowest BCUT2D eigenvalue weighted by Crippen LogP contribution is -2.30. The Labute approximate surface area is 105 Å². The first kappa shape index (κ1) is 12.3. The van der Waals surface area contributed by atoms with Gasteiger partial charge in [-0.15, -0.1) is 0 Å². The second-order valence-corrected chi connectivity index (χ2v) is 4.76. The topological polar surface area (TPSA) is 55.3 Å². The fourth-order valence-electron chi connectivity index (χ4n) is 1.54. The molecule has 0 radical (unpaired) electrons. The third-order valence-corrected chi connectivity index (χ3v) is 3.44. The lowest BCUT2D eigenvalue weighted by molar-refractivity contribution is -0.141. The average molecular weight is 255 g/mol. The molecule has 1 aromatic heterocycles. The average Bonchev–Trinajstić information content (AvgIpc) is 3.05. The molecule has 0 saturated heterocycles. The van der Waals surface area contributed by atoms with Crippen LogP contribution in [0.25, 0.3) is 0 Å². The molecule has 94 valence electrons. The lowest BCUT2D eigenvalue weighted by Gasteiger charge is -2.17. The third-order valence-electron chi connectivity index (χ3n) is 2.65. The molecule has 0 aliphatic heterocycles. The van der Waals surface area contributed by atoms with Crippen LogP contribution >= 0.6 is 11.5 Å². The Morgan fingerprint density at radius 3 is 2.88 bits per heavy atom. The summed E-state index contributed by atoms with van der Waals surface area (Å²) < 4.78 is 9.28. The molecule has 0 N–H and O–H groups in total. The number of esters is 1. The van der Waals surface area contributed by atoms with Gasteiger partial charge in [-0.05, 0) is 26.7 Å². The molecular weight excluding hydrogens is 238 g/mol. The summed E-state index contributed by atoms with van der Waals surface area (Å²) in [5.41, 5.74) is 0. The predicted octanol–water partition coefficient (Wildman–Crippen LogP) is 1.80. The number of aromatic nitrogens is 2. The molecule has 6 heteroatoms. The van der Waals surface area contributed by atoms with E-state index in [0.29, 0.717) is 12.5 Å². The highest BCUT2D eigenvalue weighted by Crippen LogP contribution is 2.39. The largest absolute Gasteiger partial charge is 0.465 e. The minimum absolute atomic E-state index is 0.211. The predicted molar refractivity (Wildman–Crippen MR) is 66.4 cm³/mol. The number of hydrogen-bond donors (Lipinski definition) is 0. The van der Waals surface area contributed by atoms with Gasteiger partial charge in [0, 0.05) is 24.0 Å². The van der Waals surface area contributed by atoms with Gasteiger partial charge < -0.3 is 9.64 Å². The number of hydrogen-bond acceptors (Lipinski definition) is 6. The minimum atomic E-state index is -0.211. The first-order chi connectivity index (χ1) is 8.24. The summed E-state index contributed by atoms with van der Waals surface area (Å²) in [6.07, 6.45) is 2.39. The molecule has 1 heterocycles. The first-order valence-corrected chi connectivity index (χ1v) is 6.76. The molecule has 5 nitrogen and oxygen atoms in total. The van der Waals surface area contributed by atoms with Gasteiger partial charge in [0.2, 0.25) is 5.13 Å². The highest BCUT2D eigenvalue weighted by atomic mass is 32.1. The van der Waals surface area contributed by atoms with Crippen LogP contribution in [0, 0.1) is 0 Å². The van der Waals surface area contributed by atoms with Crippen molar-refractivity contribution in [2.45, 2.75) is 32.6 Å². The van der Waals surface area contributed by atoms with Crippen LogP contribution in [0.3, 0.4) is 0 Å². The number of rotatable bonds is 6. The van der Waals surface area contributed by atoms with Crippen LogP contribution in [0.4, 0.5) is 5.13 Å². The summed E-state index contributed by atoms with van der Waals surface area (Å²) in [5.74, 6) is 1.28. The Hall–Kier alpha value is -1.17. The molecule has 1 aliphatic carbocycles. The van der Waals surface area contributed by atoms with Gasteiger partial charge in [-0.3, -0.25) is 4.79 Å². The zero-order valence-corrected chi connectivity index (χ0v) is 11.0. The number of carbonyl (C=O) groups excluding carboxylic acids is 1. The van der Waals surface area contributed by atoms with E-state index in [9.17, 15) is 4.79 Å². The summed E-state index contributed by atoms with van der Waals surface area (Å²) in [6, 6.07) is 0. The zero-order valence-electron chi connectivity index (χ0n) is 10.2. The van der Waals surface area contributed by atoms with Gasteiger partial charge in [-0.1, -0.05) is 0 Å². The van der Waals surface area contributed by atoms with E-state index in [0.717, 1.165) is 17.5 Å². The molecule has 2 rings (SSSR count). The first-order valence-electron chi connectivity index (χ1n) is 5.98. The van der Waals surface area contributed by atoms with E-state index in [-0.39, 0.29) is 12.5 Å².